The first-order valence-electron chi connectivity index (χ1n) is 5.21. The van der Waals surface area contributed by atoms with Crippen molar-refractivity contribution in [2.75, 3.05) is 32.1 Å². The minimum absolute atomic E-state index is 0.0127. The fourth-order valence-corrected chi connectivity index (χ4v) is 1.20. The van der Waals surface area contributed by atoms with Gasteiger partial charge in [-0.3, -0.25) is 4.79 Å². The summed E-state index contributed by atoms with van der Waals surface area (Å²) in [6.07, 6.45) is 3.98. The van der Waals surface area contributed by atoms with Crippen LogP contribution in [0, 0.1) is 0 Å². The van der Waals surface area contributed by atoms with Gasteiger partial charge in [0.05, 0.1) is 6.61 Å². The molecule has 0 saturated carbocycles. The van der Waals surface area contributed by atoms with Crippen LogP contribution < -0.4 is 10.6 Å². The molecule has 0 saturated heterocycles. The third-order valence-corrected chi connectivity index (χ3v) is 2.08. The quantitative estimate of drug-likeness (QED) is 0.641. The third-order valence-electron chi connectivity index (χ3n) is 2.08. The van der Waals surface area contributed by atoms with Gasteiger partial charge in [-0.25, -0.2) is 4.98 Å². The predicted octanol–water partition coefficient (Wildman–Crippen LogP) is -0.0153. The van der Waals surface area contributed by atoms with Crippen LogP contribution in [0.15, 0.2) is 12.4 Å². The molecule has 6 heteroatoms. The number of aromatic nitrogens is 2. The van der Waals surface area contributed by atoms with Crippen molar-refractivity contribution in [3.8, 4) is 0 Å². The van der Waals surface area contributed by atoms with Gasteiger partial charge in [0.2, 0.25) is 11.9 Å². The summed E-state index contributed by atoms with van der Waals surface area (Å²) in [5, 5.41) is 5.82. The molecule has 1 heterocycles. The van der Waals surface area contributed by atoms with Crippen LogP contribution >= 0.6 is 0 Å². The fraction of sp³-hybridized carbons (Fsp3) is 0.600. The molecule has 1 amide bonds. The Morgan fingerprint density at radius 1 is 1.56 bits per heavy atom. The zero-order valence-electron chi connectivity index (χ0n) is 9.69. The number of ether oxygens (including phenoxy) is 1. The van der Waals surface area contributed by atoms with Gasteiger partial charge in [0.15, 0.2) is 0 Å². The third kappa shape index (κ3) is 4.31. The zero-order chi connectivity index (χ0) is 11.8. The molecule has 0 spiro atoms. The van der Waals surface area contributed by atoms with Gasteiger partial charge in [0.25, 0.3) is 0 Å². The summed E-state index contributed by atoms with van der Waals surface area (Å²) in [4.78, 5) is 15.4. The molecular formula is C10H18N4O2. The molecule has 0 aliphatic rings. The van der Waals surface area contributed by atoms with Crippen LogP contribution in [0.3, 0.4) is 0 Å². The first-order chi connectivity index (χ1) is 7.74. The van der Waals surface area contributed by atoms with Crippen LogP contribution in [0.5, 0.6) is 0 Å². The van der Waals surface area contributed by atoms with Gasteiger partial charge in [-0.2, -0.15) is 0 Å². The first kappa shape index (κ1) is 12.5. The lowest BCUT2D eigenvalue weighted by atomic mass is 10.4. The number of hydrogen-bond acceptors (Lipinski definition) is 4. The molecule has 6 nitrogen and oxygen atoms in total. The van der Waals surface area contributed by atoms with Crippen molar-refractivity contribution < 1.29 is 9.53 Å². The molecule has 0 unspecified atom stereocenters. The number of aryl methyl sites for hydroxylation is 1. The molecular weight excluding hydrogens is 208 g/mol. The Hall–Kier alpha value is -1.56. The number of hydrogen-bond donors (Lipinski definition) is 2. The number of amides is 1. The van der Waals surface area contributed by atoms with Crippen molar-refractivity contribution in [3.63, 3.8) is 0 Å². The summed E-state index contributed by atoms with van der Waals surface area (Å²) < 4.78 is 6.69. The topological polar surface area (TPSA) is 68.2 Å². The molecule has 16 heavy (non-hydrogen) atoms. The number of rotatable bonds is 7. The Morgan fingerprint density at radius 2 is 2.38 bits per heavy atom. The fourth-order valence-electron chi connectivity index (χ4n) is 1.20. The Morgan fingerprint density at radius 3 is 3.00 bits per heavy atom. The highest BCUT2D eigenvalue weighted by molar-refractivity contribution is 5.76. The van der Waals surface area contributed by atoms with Crippen LogP contribution in [0.25, 0.3) is 0 Å². The van der Waals surface area contributed by atoms with Crippen molar-refractivity contribution in [2.45, 2.75) is 6.42 Å². The van der Waals surface area contributed by atoms with E-state index < -0.39 is 0 Å². The lowest BCUT2D eigenvalue weighted by Crippen LogP contribution is -2.28. The Bertz CT molecular complexity index is 324. The highest BCUT2D eigenvalue weighted by atomic mass is 16.5. The Balaban J connectivity index is 2.11. The van der Waals surface area contributed by atoms with Gasteiger partial charge in [0.1, 0.15) is 0 Å². The molecule has 1 rings (SSSR count). The van der Waals surface area contributed by atoms with Gasteiger partial charge >= 0.3 is 0 Å². The highest BCUT2D eigenvalue weighted by Crippen LogP contribution is 1.99. The maximum atomic E-state index is 11.3. The van der Waals surface area contributed by atoms with E-state index in [-0.39, 0.29) is 5.91 Å². The van der Waals surface area contributed by atoms with Gasteiger partial charge in [-0.1, -0.05) is 0 Å². The van der Waals surface area contributed by atoms with Crippen molar-refractivity contribution in [3.05, 3.63) is 12.4 Å². The van der Waals surface area contributed by atoms with Crippen LogP contribution in [-0.4, -0.2) is 42.3 Å². The molecule has 2 N–H and O–H groups in total. The maximum absolute atomic E-state index is 11.3. The molecule has 0 bridgehead atoms. The summed E-state index contributed by atoms with van der Waals surface area (Å²) in [6, 6.07) is 0. The monoisotopic (exact) mass is 226 g/mol. The zero-order valence-corrected chi connectivity index (χ0v) is 9.69. The lowest BCUT2D eigenvalue weighted by Gasteiger charge is -2.06. The summed E-state index contributed by atoms with van der Waals surface area (Å²) in [6.45, 7) is 1.67. The summed E-state index contributed by atoms with van der Waals surface area (Å²) in [7, 11) is 3.50. The molecule has 0 aliphatic heterocycles. The summed E-state index contributed by atoms with van der Waals surface area (Å²) in [5.74, 6) is 0.781. The number of methoxy groups -OCH3 is 1. The second kappa shape index (κ2) is 6.84. The molecule has 0 radical (unpaired) electrons. The number of nitrogens with one attached hydrogen (secondary N) is 2. The number of carbonyl (C=O) groups is 1. The molecule has 0 atom stereocenters. The average Bonchev–Trinajstić information content (AvgIpc) is 2.65. The van der Waals surface area contributed by atoms with E-state index in [9.17, 15) is 4.79 Å². The van der Waals surface area contributed by atoms with Crippen LogP contribution in [-0.2, 0) is 16.6 Å². The Kier molecular flexibility index (Phi) is 5.35. The van der Waals surface area contributed by atoms with Gasteiger partial charge in [-0.15, -0.1) is 0 Å². The van der Waals surface area contributed by atoms with E-state index in [2.05, 4.69) is 15.6 Å². The SMILES string of the molecule is COCCNC(=O)CCNc1nccn1C. The molecule has 90 valence electrons. The largest absolute Gasteiger partial charge is 0.383 e. The highest BCUT2D eigenvalue weighted by Gasteiger charge is 2.01. The van der Waals surface area contributed by atoms with Crippen LogP contribution in [0.1, 0.15) is 6.42 Å². The standard InChI is InChI=1S/C10H18N4O2/c1-14-7-5-13-10(14)12-4-3-9(15)11-6-8-16-2/h5,7H,3-4,6,8H2,1-2H3,(H,11,15)(H,12,13). The average molecular weight is 226 g/mol. The minimum Gasteiger partial charge on any atom is -0.383 e. The van der Waals surface area contributed by atoms with Crippen molar-refractivity contribution in [1.82, 2.24) is 14.9 Å². The van der Waals surface area contributed by atoms with E-state index in [0.29, 0.717) is 26.1 Å². The minimum atomic E-state index is 0.0127. The van der Waals surface area contributed by atoms with Gasteiger partial charge < -0.3 is 19.9 Å². The van der Waals surface area contributed by atoms with Gasteiger partial charge in [0, 0.05) is 46.1 Å². The van der Waals surface area contributed by atoms with Crippen LogP contribution in [0.4, 0.5) is 5.95 Å². The second-order valence-electron chi connectivity index (χ2n) is 3.38. The van der Waals surface area contributed by atoms with E-state index >= 15 is 0 Å². The molecule has 1 aromatic rings. The van der Waals surface area contributed by atoms with Crippen molar-refractivity contribution >= 4 is 11.9 Å². The molecule has 1 aromatic heterocycles. The van der Waals surface area contributed by atoms with E-state index in [1.165, 1.54) is 0 Å². The van der Waals surface area contributed by atoms with Crippen LogP contribution in [0.2, 0.25) is 0 Å². The van der Waals surface area contributed by atoms with E-state index in [0.717, 1.165) is 5.95 Å². The molecule has 0 aromatic carbocycles. The second-order valence-corrected chi connectivity index (χ2v) is 3.38. The van der Waals surface area contributed by atoms with Crippen molar-refractivity contribution in [1.29, 1.82) is 0 Å². The van der Waals surface area contributed by atoms with Crippen molar-refractivity contribution in [2.24, 2.45) is 7.05 Å². The number of nitrogens with zero attached hydrogens (tertiary/aromatic N) is 2. The number of anilines is 1. The molecule has 0 aliphatic carbocycles. The Labute approximate surface area is 95.0 Å². The first-order valence-corrected chi connectivity index (χ1v) is 5.21. The maximum Gasteiger partial charge on any atom is 0.221 e. The normalized spacial score (nSPS) is 10.1. The van der Waals surface area contributed by atoms with E-state index in [1.807, 2.05) is 17.8 Å². The summed E-state index contributed by atoms with van der Waals surface area (Å²) >= 11 is 0. The van der Waals surface area contributed by atoms with E-state index in [4.69, 9.17) is 4.74 Å². The van der Waals surface area contributed by atoms with Gasteiger partial charge in [-0.05, 0) is 0 Å². The molecule has 0 fully saturated rings. The number of imidazole rings is 1. The summed E-state index contributed by atoms with van der Waals surface area (Å²) in [5.41, 5.74) is 0. The predicted molar refractivity (Wildman–Crippen MR) is 61.2 cm³/mol. The van der Waals surface area contributed by atoms with E-state index in [1.54, 1.807) is 13.3 Å². The smallest absolute Gasteiger partial charge is 0.221 e. The lowest BCUT2D eigenvalue weighted by molar-refractivity contribution is -0.121. The number of carbonyl (C=O) groups excluding carboxylic acids is 1.